The monoisotopic (exact) mass is 292 g/mol. The largest absolute Gasteiger partial charge is 0.454 e. The Kier molecular flexibility index (Phi) is 3.75. The number of ether oxygens (including phenoxy) is 2. The Morgan fingerprint density at radius 1 is 1.14 bits per heavy atom. The number of carbonyl (C=O) groups is 1. The molecule has 0 aliphatic carbocycles. The number of nitrogens with one attached hydrogen (secondary N) is 1. The van der Waals surface area contributed by atoms with Gasteiger partial charge in [0.05, 0.1) is 0 Å². The van der Waals surface area contributed by atoms with Crippen LogP contribution < -0.4 is 14.8 Å². The van der Waals surface area contributed by atoms with Crippen molar-refractivity contribution in [3.05, 3.63) is 65.4 Å². The number of nitrogens with zero attached hydrogens (tertiary/aromatic N) is 1. The number of benzene rings is 2. The third-order valence-corrected chi connectivity index (χ3v) is 3.11. The molecule has 1 amide bonds. The van der Waals surface area contributed by atoms with Crippen LogP contribution in [0.2, 0.25) is 0 Å². The number of amides is 1. The van der Waals surface area contributed by atoms with Crippen LogP contribution in [-0.2, 0) is 0 Å². The minimum atomic E-state index is -0.325. The van der Waals surface area contributed by atoms with Crippen LogP contribution in [0.15, 0.2) is 54.2 Å². The molecule has 1 N–H and O–H groups in total. The zero-order valence-corrected chi connectivity index (χ0v) is 11.6. The molecule has 0 saturated carbocycles. The van der Waals surface area contributed by atoms with Crippen molar-refractivity contribution < 1.29 is 14.3 Å². The van der Waals surface area contributed by atoms with Gasteiger partial charge in [-0.15, -0.1) is 0 Å². The van der Waals surface area contributed by atoms with Gasteiger partial charge in [-0.1, -0.05) is 24.3 Å². The zero-order chi connectivity index (χ0) is 15.4. The molecule has 1 heterocycles. The topological polar surface area (TPSA) is 71.3 Å². The summed E-state index contributed by atoms with van der Waals surface area (Å²) in [4.78, 5) is 12.0. The summed E-state index contributed by atoms with van der Waals surface area (Å²) < 4.78 is 10.5. The van der Waals surface area contributed by atoms with E-state index < -0.39 is 0 Å². The number of rotatable bonds is 3. The van der Waals surface area contributed by atoms with Crippen molar-refractivity contribution in [1.29, 1.82) is 5.26 Å². The maximum atomic E-state index is 12.0. The first-order chi connectivity index (χ1) is 10.8. The number of carbonyl (C=O) groups excluding carboxylic acids is 1. The first-order valence-corrected chi connectivity index (χ1v) is 6.64. The maximum absolute atomic E-state index is 12.0. The number of fused-ring (bicyclic) bond motifs is 1. The van der Waals surface area contributed by atoms with E-state index >= 15 is 0 Å². The van der Waals surface area contributed by atoms with Crippen LogP contribution in [0.3, 0.4) is 0 Å². The molecule has 5 nitrogen and oxygen atoms in total. The summed E-state index contributed by atoms with van der Waals surface area (Å²) >= 11 is 0. The van der Waals surface area contributed by atoms with Gasteiger partial charge >= 0.3 is 0 Å². The third-order valence-electron chi connectivity index (χ3n) is 3.11. The molecule has 0 atom stereocenters. The van der Waals surface area contributed by atoms with Crippen molar-refractivity contribution in [3.63, 3.8) is 0 Å². The number of allylic oxidation sites excluding steroid dienone is 1. The highest BCUT2D eigenvalue weighted by atomic mass is 16.7. The van der Waals surface area contributed by atoms with E-state index in [2.05, 4.69) is 5.32 Å². The van der Waals surface area contributed by atoms with Gasteiger partial charge in [-0.05, 0) is 35.9 Å². The predicted molar refractivity (Wildman–Crippen MR) is 80.1 cm³/mol. The van der Waals surface area contributed by atoms with E-state index in [0.717, 1.165) is 5.56 Å². The van der Waals surface area contributed by atoms with Crippen molar-refractivity contribution in [2.24, 2.45) is 0 Å². The fourth-order valence-electron chi connectivity index (χ4n) is 2.05. The van der Waals surface area contributed by atoms with Crippen molar-refractivity contribution in [3.8, 4) is 17.6 Å². The van der Waals surface area contributed by atoms with E-state index in [1.165, 1.54) is 0 Å². The SMILES string of the molecule is N#CC(=Cc1ccc2c(c1)OCO2)NC(=O)c1ccccc1. The summed E-state index contributed by atoms with van der Waals surface area (Å²) in [6, 6.07) is 16.0. The third kappa shape index (κ3) is 2.91. The van der Waals surface area contributed by atoms with E-state index in [9.17, 15) is 10.1 Å². The lowest BCUT2D eigenvalue weighted by atomic mass is 10.1. The number of hydrogen-bond acceptors (Lipinski definition) is 4. The van der Waals surface area contributed by atoms with Crippen LogP contribution in [0.25, 0.3) is 6.08 Å². The van der Waals surface area contributed by atoms with Gasteiger partial charge in [0.2, 0.25) is 6.79 Å². The first-order valence-electron chi connectivity index (χ1n) is 6.64. The lowest BCUT2D eigenvalue weighted by Gasteiger charge is -2.04. The maximum Gasteiger partial charge on any atom is 0.256 e. The minimum absolute atomic E-state index is 0.160. The van der Waals surface area contributed by atoms with Crippen LogP contribution >= 0.6 is 0 Å². The van der Waals surface area contributed by atoms with Gasteiger partial charge in [-0.25, -0.2) is 0 Å². The van der Waals surface area contributed by atoms with Gasteiger partial charge < -0.3 is 14.8 Å². The second-order valence-electron chi connectivity index (χ2n) is 4.60. The highest BCUT2D eigenvalue weighted by Gasteiger charge is 2.13. The lowest BCUT2D eigenvalue weighted by Crippen LogP contribution is -2.21. The second-order valence-corrected chi connectivity index (χ2v) is 4.60. The van der Waals surface area contributed by atoms with Gasteiger partial charge in [0.1, 0.15) is 11.8 Å². The van der Waals surface area contributed by atoms with E-state index in [4.69, 9.17) is 9.47 Å². The van der Waals surface area contributed by atoms with E-state index in [1.54, 1.807) is 48.5 Å². The van der Waals surface area contributed by atoms with Crippen LogP contribution in [0, 0.1) is 11.3 Å². The molecule has 108 valence electrons. The minimum Gasteiger partial charge on any atom is -0.454 e. The van der Waals surface area contributed by atoms with Crippen molar-refractivity contribution >= 4 is 12.0 Å². The molecule has 22 heavy (non-hydrogen) atoms. The molecule has 0 fully saturated rings. The van der Waals surface area contributed by atoms with Gasteiger partial charge in [-0.2, -0.15) is 5.26 Å². The van der Waals surface area contributed by atoms with E-state index in [-0.39, 0.29) is 18.4 Å². The molecule has 5 heteroatoms. The number of nitriles is 1. The smallest absolute Gasteiger partial charge is 0.256 e. The summed E-state index contributed by atoms with van der Waals surface area (Å²) in [6.45, 7) is 0.193. The Hall–Kier alpha value is -3.26. The molecule has 0 unspecified atom stereocenters. The normalized spacial score (nSPS) is 12.6. The highest BCUT2D eigenvalue weighted by Crippen LogP contribution is 2.32. The Morgan fingerprint density at radius 3 is 2.68 bits per heavy atom. The van der Waals surface area contributed by atoms with Crippen LogP contribution in [0.4, 0.5) is 0 Å². The average Bonchev–Trinajstić information content (AvgIpc) is 3.02. The molecule has 3 rings (SSSR count). The first kappa shape index (κ1) is 13.7. The van der Waals surface area contributed by atoms with Crippen LogP contribution in [0.5, 0.6) is 11.5 Å². The van der Waals surface area contributed by atoms with Gasteiger partial charge in [0.25, 0.3) is 5.91 Å². The van der Waals surface area contributed by atoms with Crippen molar-refractivity contribution in [1.82, 2.24) is 5.32 Å². The Bertz CT molecular complexity index is 776. The van der Waals surface area contributed by atoms with Gasteiger partial charge in [-0.3, -0.25) is 4.79 Å². The Morgan fingerprint density at radius 2 is 1.91 bits per heavy atom. The molecule has 0 aromatic heterocycles. The standard InChI is InChI=1S/C17H12N2O3/c18-10-14(19-17(20)13-4-2-1-3-5-13)8-12-6-7-15-16(9-12)22-11-21-15/h1-9H,11H2,(H,19,20). The summed E-state index contributed by atoms with van der Waals surface area (Å²) in [7, 11) is 0. The summed E-state index contributed by atoms with van der Waals surface area (Å²) in [6.07, 6.45) is 1.59. The highest BCUT2D eigenvalue weighted by molar-refractivity contribution is 5.96. The molecule has 1 aliphatic heterocycles. The zero-order valence-electron chi connectivity index (χ0n) is 11.6. The fourth-order valence-corrected chi connectivity index (χ4v) is 2.05. The van der Waals surface area contributed by atoms with Crippen LogP contribution in [-0.4, -0.2) is 12.7 Å². The molecule has 0 radical (unpaired) electrons. The van der Waals surface area contributed by atoms with E-state index in [1.807, 2.05) is 12.1 Å². The summed E-state index contributed by atoms with van der Waals surface area (Å²) in [5.74, 6) is 0.971. The van der Waals surface area contributed by atoms with Crippen LogP contribution in [0.1, 0.15) is 15.9 Å². The summed E-state index contributed by atoms with van der Waals surface area (Å²) in [5, 5.41) is 11.8. The molecular weight excluding hydrogens is 280 g/mol. The molecular formula is C17H12N2O3. The van der Waals surface area contributed by atoms with Gasteiger partial charge in [0.15, 0.2) is 11.5 Å². The molecule has 0 spiro atoms. The fraction of sp³-hybridized carbons (Fsp3) is 0.0588. The lowest BCUT2D eigenvalue weighted by molar-refractivity contribution is 0.0968. The van der Waals surface area contributed by atoms with Gasteiger partial charge in [0, 0.05) is 5.56 Å². The second kappa shape index (κ2) is 6.02. The molecule has 0 bridgehead atoms. The molecule has 2 aromatic carbocycles. The van der Waals surface area contributed by atoms with E-state index in [0.29, 0.717) is 17.1 Å². The quantitative estimate of drug-likeness (QED) is 0.883. The summed E-state index contributed by atoms with van der Waals surface area (Å²) in [5.41, 5.74) is 1.40. The molecule has 0 saturated heterocycles. The average molecular weight is 292 g/mol. The van der Waals surface area contributed by atoms with Crippen molar-refractivity contribution in [2.75, 3.05) is 6.79 Å². The molecule has 2 aromatic rings. The van der Waals surface area contributed by atoms with Crippen molar-refractivity contribution in [2.45, 2.75) is 0 Å². The number of hydrogen-bond donors (Lipinski definition) is 1. The predicted octanol–water partition coefficient (Wildman–Crippen LogP) is 2.71. The molecule has 1 aliphatic rings. The Labute approximate surface area is 127 Å². The Balaban J connectivity index is 1.79.